The van der Waals surface area contributed by atoms with Crippen molar-refractivity contribution in [3.05, 3.63) is 23.8 Å². The Bertz CT molecular complexity index is 479. The Morgan fingerprint density at radius 1 is 1.10 bits per heavy atom. The number of amides is 1. The summed E-state index contributed by atoms with van der Waals surface area (Å²) in [5.41, 5.74) is 0.356. The molecular weight excluding hydrogens is 274 g/mol. The third-order valence-corrected chi connectivity index (χ3v) is 3.12. The van der Waals surface area contributed by atoms with Gasteiger partial charge >= 0.3 is 5.97 Å². The second-order valence-electron chi connectivity index (χ2n) is 4.25. The number of methoxy groups -OCH3 is 3. The van der Waals surface area contributed by atoms with Crippen LogP contribution < -0.4 is 9.47 Å². The van der Waals surface area contributed by atoms with E-state index >= 15 is 0 Å². The highest BCUT2D eigenvalue weighted by atomic mass is 16.5. The zero-order valence-electron chi connectivity index (χ0n) is 12.8. The minimum Gasteiger partial charge on any atom is -0.496 e. The van der Waals surface area contributed by atoms with Gasteiger partial charge in [0.25, 0.3) is 5.91 Å². The van der Waals surface area contributed by atoms with E-state index in [0.29, 0.717) is 23.6 Å². The predicted octanol–water partition coefficient (Wildman–Crippen LogP) is 1.73. The monoisotopic (exact) mass is 295 g/mol. The van der Waals surface area contributed by atoms with Crippen LogP contribution in [0.4, 0.5) is 0 Å². The van der Waals surface area contributed by atoms with Crippen molar-refractivity contribution >= 4 is 11.9 Å². The maximum Gasteiger partial charge on any atom is 0.307 e. The zero-order valence-corrected chi connectivity index (χ0v) is 12.8. The first kappa shape index (κ1) is 16.8. The van der Waals surface area contributed by atoms with Gasteiger partial charge in [-0.2, -0.15) is 0 Å². The van der Waals surface area contributed by atoms with Crippen LogP contribution in [-0.4, -0.2) is 51.2 Å². The lowest BCUT2D eigenvalue weighted by Crippen LogP contribution is -2.33. The largest absolute Gasteiger partial charge is 0.496 e. The molecule has 0 unspecified atom stereocenters. The van der Waals surface area contributed by atoms with E-state index in [1.54, 1.807) is 23.1 Å². The molecule has 0 spiro atoms. The molecule has 0 radical (unpaired) electrons. The van der Waals surface area contributed by atoms with Gasteiger partial charge < -0.3 is 19.1 Å². The molecule has 6 nitrogen and oxygen atoms in total. The van der Waals surface area contributed by atoms with Crippen LogP contribution in [0.15, 0.2) is 18.2 Å². The molecule has 0 atom stereocenters. The second-order valence-corrected chi connectivity index (χ2v) is 4.25. The fourth-order valence-electron chi connectivity index (χ4n) is 1.95. The predicted molar refractivity (Wildman–Crippen MR) is 77.8 cm³/mol. The van der Waals surface area contributed by atoms with Gasteiger partial charge in [-0.3, -0.25) is 9.59 Å². The lowest BCUT2D eigenvalue weighted by atomic mass is 10.1. The quantitative estimate of drug-likeness (QED) is 0.717. The fourth-order valence-corrected chi connectivity index (χ4v) is 1.95. The van der Waals surface area contributed by atoms with Gasteiger partial charge in [-0.05, 0) is 19.1 Å². The summed E-state index contributed by atoms with van der Waals surface area (Å²) < 4.78 is 15.1. The van der Waals surface area contributed by atoms with Crippen molar-refractivity contribution < 1.29 is 23.8 Å². The van der Waals surface area contributed by atoms with E-state index in [-0.39, 0.29) is 24.8 Å². The van der Waals surface area contributed by atoms with Crippen molar-refractivity contribution in [3.63, 3.8) is 0 Å². The molecule has 116 valence electrons. The van der Waals surface area contributed by atoms with Crippen LogP contribution in [0.3, 0.4) is 0 Å². The van der Waals surface area contributed by atoms with E-state index in [1.807, 2.05) is 6.92 Å². The summed E-state index contributed by atoms with van der Waals surface area (Å²) in [5.74, 6) is 0.288. The van der Waals surface area contributed by atoms with Crippen LogP contribution in [0, 0.1) is 0 Å². The molecule has 0 aliphatic rings. The standard InChI is InChI=1S/C15H21NO5/c1-5-16(10-9-13(17)21-4)15(18)14-11(19-2)7-6-8-12(14)20-3/h6-8H,5,9-10H2,1-4H3. The Balaban J connectivity index is 3.01. The number of rotatable bonds is 7. The highest BCUT2D eigenvalue weighted by molar-refractivity contribution is 5.99. The number of hydrogen-bond acceptors (Lipinski definition) is 5. The number of nitrogens with zero attached hydrogens (tertiary/aromatic N) is 1. The van der Waals surface area contributed by atoms with Crippen LogP contribution in [0.1, 0.15) is 23.7 Å². The maximum absolute atomic E-state index is 12.7. The van der Waals surface area contributed by atoms with Gasteiger partial charge in [0.1, 0.15) is 17.1 Å². The first-order valence-electron chi connectivity index (χ1n) is 6.66. The Morgan fingerprint density at radius 3 is 2.10 bits per heavy atom. The van der Waals surface area contributed by atoms with E-state index in [4.69, 9.17) is 9.47 Å². The summed E-state index contributed by atoms with van der Waals surface area (Å²) in [7, 11) is 4.32. The first-order chi connectivity index (χ1) is 10.1. The summed E-state index contributed by atoms with van der Waals surface area (Å²) in [6, 6.07) is 5.15. The summed E-state index contributed by atoms with van der Waals surface area (Å²) in [5, 5.41) is 0. The summed E-state index contributed by atoms with van der Waals surface area (Å²) in [4.78, 5) is 25.4. The first-order valence-corrected chi connectivity index (χ1v) is 6.66. The van der Waals surface area contributed by atoms with Crippen molar-refractivity contribution in [3.8, 4) is 11.5 Å². The normalized spacial score (nSPS) is 9.90. The average Bonchev–Trinajstić information content (AvgIpc) is 2.53. The Kier molecular flexibility index (Phi) is 6.52. The third-order valence-electron chi connectivity index (χ3n) is 3.12. The molecule has 0 heterocycles. The molecule has 1 aromatic rings. The lowest BCUT2D eigenvalue weighted by Gasteiger charge is -2.22. The van der Waals surface area contributed by atoms with Gasteiger partial charge in [0, 0.05) is 13.1 Å². The van der Waals surface area contributed by atoms with Crippen molar-refractivity contribution in [2.24, 2.45) is 0 Å². The summed E-state index contributed by atoms with van der Waals surface area (Å²) >= 11 is 0. The minimum absolute atomic E-state index is 0.146. The van der Waals surface area contributed by atoms with Crippen molar-refractivity contribution in [1.29, 1.82) is 0 Å². The average molecular weight is 295 g/mol. The van der Waals surface area contributed by atoms with E-state index in [1.165, 1.54) is 21.3 Å². The minimum atomic E-state index is -0.353. The van der Waals surface area contributed by atoms with E-state index < -0.39 is 0 Å². The van der Waals surface area contributed by atoms with Crippen molar-refractivity contribution in [1.82, 2.24) is 4.90 Å². The highest BCUT2D eigenvalue weighted by Crippen LogP contribution is 2.29. The Labute approximate surface area is 124 Å². The van der Waals surface area contributed by atoms with Crippen LogP contribution in [0.2, 0.25) is 0 Å². The van der Waals surface area contributed by atoms with E-state index in [0.717, 1.165) is 0 Å². The number of ether oxygens (including phenoxy) is 3. The molecule has 0 aromatic heterocycles. The van der Waals surface area contributed by atoms with Gasteiger partial charge in [0.2, 0.25) is 0 Å². The molecule has 0 saturated heterocycles. The van der Waals surface area contributed by atoms with Crippen LogP contribution in [0.5, 0.6) is 11.5 Å². The Morgan fingerprint density at radius 2 is 1.67 bits per heavy atom. The van der Waals surface area contributed by atoms with Gasteiger partial charge in [0.05, 0.1) is 27.8 Å². The van der Waals surface area contributed by atoms with Crippen molar-refractivity contribution in [2.75, 3.05) is 34.4 Å². The SMILES string of the molecule is CCN(CCC(=O)OC)C(=O)c1c(OC)cccc1OC. The van der Waals surface area contributed by atoms with Crippen molar-refractivity contribution in [2.45, 2.75) is 13.3 Å². The topological polar surface area (TPSA) is 65.1 Å². The molecule has 0 saturated carbocycles. The number of benzene rings is 1. The van der Waals surface area contributed by atoms with Crippen LogP contribution >= 0.6 is 0 Å². The molecule has 0 aliphatic carbocycles. The van der Waals surface area contributed by atoms with Gasteiger partial charge in [0.15, 0.2) is 0 Å². The van der Waals surface area contributed by atoms with Gasteiger partial charge in [-0.25, -0.2) is 0 Å². The number of esters is 1. The van der Waals surface area contributed by atoms with Gasteiger partial charge in [-0.1, -0.05) is 6.07 Å². The zero-order chi connectivity index (χ0) is 15.8. The molecule has 0 bridgehead atoms. The van der Waals surface area contributed by atoms with E-state index in [9.17, 15) is 9.59 Å². The summed E-state index contributed by atoms with van der Waals surface area (Å²) in [6.45, 7) is 2.59. The smallest absolute Gasteiger partial charge is 0.307 e. The molecule has 0 fully saturated rings. The van der Waals surface area contributed by atoms with Gasteiger partial charge in [-0.15, -0.1) is 0 Å². The fraction of sp³-hybridized carbons (Fsp3) is 0.467. The number of carbonyl (C=O) groups is 2. The molecule has 1 rings (SSSR count). The molecule has 21 heavy (non-hydrogen) atoms. The molecule has 1 aromatic carbocycles. The molecule has 6 heteroatoms. The molecule has 0 aliphatic heterocycles. The van der Waals surface area contributed by atoms with Crippen LogP contribution in [-0.2, 0) is 9.53 Å². The van der Waals surface area contributed by atoms with Crippen LogP contribution in [0.25, 0.3) is 0 Å². The highest BCUT2D eigenvalue weighted by Gasteiger charge is 2.23. The molecule has 1 amide bonds. The Hall–Kier alpha value is -2.24. The summed E-state index contributed by atoms with van der Waals surface area (Å²) in [6.07, 6.45) is 0.146. The van der Waals surface area contributed by atoms with E-state index in [2.05, 4.69) is 4.74 Å². The second kappa shape index (κ2) is 8.14. The molecule has 0 N–H and O–H groups in total. The lowest BCUT2D eigenvalue weighted by molar-refractivity contribution is -0.140. The number of hydrogen-bond donors (Lipinski definition) is 0. The third kappa shape index (κ3) is 4.11. The number of carbonyl (C=O) groups excluding carboxylic acids is 2. The maximum atomic E-state index is 12.7. The molecular formula is C15H21NO5.